The van der Waals surface area contributed by atoms with Crippen LogP contribution in [0.1, 0.15) is 51.7 Å². The van der Waals surface area contributed by atoms with Crippen LogP contribution in [0.4, 0.5) is 0 Å². The molecule has 0 aromatic heterocycles. The first kappa shape index (κ1) is 12.4. The van der Waals surface area contributed by atoms with Gasteiger partial charge in [-0.15, -0.1) is 0 Å². The molecule has 0 spiro atoms. The fourth-order valence-corrected chi connectivity index (χ4v) is 2.44. The van der Waals surface area contributed by atoms with Gasteiger partial charge in [0.15, 0.2) is 0 Å². The van der Waals surface area contributed by atoms with Crippen molar-refractivity contribution in [3.63, 3.8) is 0 Å². The van der Waals surface area contributed by atoms with Gasteiger partial charge in [0.25, 0.3) is 0 Å². The predicted octanol–water partition coefficient (Wildman–Crippen LogP) is 4.65. The summed E-state index contributed by atoms with van der Waals surface area (Å²) >= 11 is 0. The normalized spacial score (nSPS) is 26.6. The summed E-state index contributed by atoms with van der Waals surface area (Å²) in [6.45, 7) is 6.54. The van der Waals surface area contributed by atoms with Crippen LogP contribution in [0.15, 0.2) is 42.0 Å². The summed E-state index contributed by atoms with van der Waals surface area (Å²) in [5, 5.41) is 0. The molecule has 1 heterocycles. The maximum Gasteiger partial charge on any atom is 0.112 e. The van der Waals surface area contributed by atoms with Gasteiger partial charge >= 0.3 is 0 Å². The Kier molecular flexibility index (Phi) is 3.68. The molecule has 1 aliphatic heterocycles. The number of epoxide rings is 1. The Morgan fingerprint density at radius 1 is 1.29 bits per heavy atom. The molecule has 0 unspecified atom stereocenters. The second kappa shape index (κ2) is 5.05. The molecule has 0 bridgehead atoms. The number of hydrogen-bond acceptors (Lipinski definition) is 1. The van der Waals surface area contributed by atoms with Crippen molar-refractivity contribution in [2.24, 2.45) is 0 Å². The van der Waals surface area contributed by atoms with Crippen LogP contribution < -0.4 is 0 Å². The van der Waals surface area contributed by atoms with Crippen molar-refractivity contribution in [2.45, 2.75) is 51.7 Å². The van der Waals surface area contributed by atoms with Crippen molar-refractivity contribution < 1.29 is 4.74 Å². The zero-order valence-electron chi connectivity index (χ0n) is 11.1. The Labute approximate surface area is 104 Å². The van der Waals surface area contributed by atoms with Gasteiger partial charge in [-0.05, 0) is 38.7 Å². The Balaban J connectivity index is 1.98. The Morgan fingerprint density at radius 3 is 2.59 bits per heavy atom. The second-order valence-corrected chi connectivity index (χ2v) is 5.15. The van der Waals surface area contributed by atoms with E-state index in [1.165, 1.54) is 11.1 Å². The zero-order valence-corrected chi connectivity index (χ0v) is 11.1. The highest BCUT2D eigenvalue weighted by molar-refractivity contribution is 5.26. The predicted molar refractivity (Wildman–Crippen MR) is 72.0 cm³/mol. The van der Waals surface area contributed by atoms with Crippen LogP contribution in [0.3, 0.4) is 0 Å². The lowest BCUT2D eigenvalue weighted by Gasteiger charge is -2.08. The van der Waals surface area contributed by atoms with Crippen LogP contribution in [0.2, 0.25) is 0 Å². The molecule has 1 heteroatoms. The van der Waals surface area contributed by atoms with E-state index in [1.807, 2.05) is 0 Å². The highest BCUT2D eigenvalue weighted by atomic mass is 16.6. The van der Waals surface area contributed by atoms with E-state index in [0.29, 0.717) is 6.10 Å². The summed E-state index contributed by atoms with van der Waals surface area (Å²) in [4.78, 5) is 0. The summed E-state index contributed by atoms with van der Waals surface area (Å²) in [7, 11) is 0. The van der Waals surface area contributed by atoms with Gasteiger partial charge < -0.3 is 4.74 Å². The van der Waals surface area contributed by atoms with Crippen molar-refractivity contribution in [1.29, 1.82) is 0 Å². The van der Waals surface area contributed by atoms with E-state index in [1.54, 1.807) is 0 Å². The number of allylic oxidation sites excluding steroid dienone is 2. The van der Waals surface area contributed by atoms with E-state index < -0.39 is 0 Å². The van der Waals surface area contributed by atoms with Crippen molar-refractivity contribution >= 4 is 0 Å². The van der Waals surface area contributed by atoms with Crippen LogP contribution in [-0.4, -0.2) is 5.60 Å². The number of ether oxygens (including phenoxy) is 1. The molecule has 0 aliphatic carbocycles. The zero-order chi connectivity index (χ0) is 12.3. The standard InChI is InChI=1S/C16H22O/c1-4-16(12-8-9-13(2)3)15(17-16)14-10-6-5-7-11-14/h5-7,9-11,15H,4,8,12H2,1-3H3/t15-,16+/m0/s1. The first-order chi connectivity index (χ1) is 8.18. The average molecular weight is 230 g/mol. The molecule has 0 N–H and O–H groups in total. The number of benzene rings is 1. The molecule has 17 heavy (non-hydrogen) atoms. The summed E-state index contributed by atoms with van der Waals surface area (Å²) < 4.78 is 5.99. The molecule has 92 valence electrons. The third-order valence-electron chi connectivity index (χ3n) is 3.59. The molecule has 0 saturated carbocycles. The molecule has 0 radical (unpaired) electrons. The molecular formula is C16H22O. The van der Waals surface area contributed by atoms with Crippen molar-refractivity contribution in [1.82, 2.24) is 0 Å². The maximum atomic E-state index is 5.99. The fourth-order valence-electron chi connectivity index (χ4n) is 2.44. The lowest BCUT2D eigenvalue weighted by Crippen LogP contribution is -2.10. The lowest BCUT2D eigenvalue weighted by molar-refractivity contribution is 0.274. The van der Waals surface area contributed by atoms with Gasteiger partial charge in [-0.3, -0.25) is 0 Å². The van der Waals surface area contributed by atoms with E-state index in [0.717, 1.165) is 19.3 Å². The minimum Gasteiger partial charge on any atom is -0.361 e. The smallest absolute Gasteiger partial charge is 0.112 e. The van der Waals surface area contributed by atoms with Crippen LogP contribution >= 0.6 is 0 Å². The van der Waals surface area contributed by atoms with E-state index in [9.17, 15) is 0 Å². The minimum atomic E-state index is 0.104. The van der Waals surface area contributed by atoms with E-state index >= 15 is 0 Å². The van der Waals surface area contributed by atoms with E-state index in [-0.39, 0.29) is 5.60 Å². The molecule has 2 atom stereocenters. The van der Waals surface area contributed by atoms with Gasteiger partial charge in [0.1, 0.15) is 6.10 Å². The molecule has 0 amide bonds. The number of hydrogen-bond donors (Lipinski definition) is 0. The summed E-state index contributed by atoms with van der Waals surface area (Å²) in [5.74, 6) is 0. The highest BCUT2D eigenvalue weighted by Gasteiger charge is 2.54. The van der Waals surface area contributed by atoms with Crippen molar-refractivity contribution in [2.75, 3.05) is 0 Å². The quantitative estimate of drug-likeness (QED) is 0.529. The average Bonchev–Trinajstić information content (AvgIpc) is 3.05. The highest BCUT2D eigenvalue weighted by Crippen LogP contribution is 2.54. The summed E-state index contributed by atoms with van der Waals surface area (Å²) in [5.41, 5.74) is 2.83. The first-order valence-electron chi connectivity index (χ1n) is 6.54. The molecule has 1 aliphatic rings. The van der Waals surface area contributed by atoms with Crippen molar-refractivity contribution in [3.8, 4) is 0 Å². The third kappa shape index (κ3) is 2.78. The SMILES string of the molecule is CC[C@]1(CCC=C(C)C)O[C@H]1c1ccccc1. The van der Waals surface area contributed by atoms with E-state index in [4.69, 9.17) is 4.74 Å². The van der Waals surface area contributed by atoms with Crippen LogP contribution in [0, 0.1) is 0 Å². The van der Waals surface area contributed by atoms with E-state index in [2.05, 4.69) is 57.2 Å². The van der Waals surface area contributed by atoms with Crippen LogP contribution in [0.25, 0.3) is 0 Å². The number of rotatable bonds is 5. The Morgan fingerprint density at radius 2 is 2.00 bits per heavy atom. The first-order valence-corrected chi connectivity index (χ1v) is 6.54. The second-order valence-electron chi connectivity index (χ2n) is 5.15. The topological polar surface area (TPSA) is 12.5 Å². The largest absolute Gasteiger partial charge is 0.361 e. The van der Waals surface area contributed by atoms with Gasteiger partial charge in [0.05, 0.1) is 5.60 Å². The minimum absolute atomic E-state index is 0.104. The lowest BCUT2D eigenvalue weighted by atomic mass is 9.92. The van der Waals surface area contributed by atoms with Crippen LogP contribution in [-0.2, 0) is 4.74 Å². The maximum absolute atomic E-state index is 5.99. The van der Waals surface area contributed by atoms with Gasteiger partial charge in [-0.1, -0.05) is 48.9 Å². The molecular weight excluding hydrogens is 208 g/mol. The molecule has 1 saturated heterocycles. The van der Waals surface area contributed by atoms with Gasteiger partial charge in [0, 0.05) is 0 Å². The molecule has 1 aromatic rings. The summed E-state index contributed by atoms with van der Waals surface area (Å²) in [6, 6.07) is 10.6. The monoisotopic (exact) mass is 230 g/mol. The molecule has 2 rings (SSSR count). The fraction of sp³-hybridized carbons (Fsp3) is 0.500. The van der Waals surface area contributed by atoms with Gasteiger partial charge in [0.2, 0.25) is 0 Å². The molecule has 1 fully saturated rings. The van der Waals surface area contributed by atoms with Gasteiger partial charge in [-0.2, -0.15) is 0 Å². The van der Waals surface area contributed by atoms with Gasteiger partial charge in [-0.25, -0.2) is 0 Å². The van der Waals surface area contributed by atoms with Crippen LogP contribution in [0.5, 0.6) is 0 Å². The summed E-state index contributed by atoms with van der Waals surface area (Å²) in [6.07, 6.45) is 5.98. The Hall–Kier alpha value is -1.08. The molecule has 1 nitrogen and oxygen atoms in total. The molecule has 1 aromatic carbocycles. The Bertz CT molecular complexity index is 389. The van der Waals surface area contributed by atoms with Crippen molar-refractivity contribution in [3.05, 3.63) is 47.5 Å². The third-order valence-corrected chi connectivity index (χ3v) is 3.59.